The first-order valence-corrected chi connectivity index (χ1v) is 10.5. The number of ether oxygens (including phenoxy) is 3. The number of carbonyl (C=O) groups excluding carboxylic acids is 1. The molecular weight excluding hydrogens is 398 g/mol. The second-order valence-electron chi connectivity index (χ2n) is 7.62. The zero-order chi connectivity index (χ0) is 21.8. The topological polar surface area (TPSA) is 80.3 Å². The van der Waals surface area contributed by atoms with Gasteiger partial charge in [-0.25, -0.2) is 4.98 Å². The summed E-state index contributed by atoms with van der Waals surface area (Å²) in [5.41, 5.74) is 1.54. The third-order valence-electron chi connectivity index (χ3n) is 5.64. The van der Waals surface area contributed by atoms with Crippen LogP contribution >= 0.6 is 0 Å². The molecule has 31 heavy (non-hydrogen) atoms. The van der Waals surface area contributed by atoms with Gasteiger partial charge < -0.3 is 28.9 Å². The van der Waals surface area contributed by atoms with Crippen LogP contribution in [0.1, 0.15) is 16.1 Å². The molecular formula is C22H29N5O4. The molecule has 1 aromatic heterocycles. The Hall–Kier alpha value is -3.07. The van der Waals surface area contributed by atoms with Gasteiger partial charge in [-0.3, -0.25) is 4.79 Å². The van der Waals surface area contributed by atoms with Crippen molar-refractivity contribution in [1.82, 2.24) is 14.9 Å². The summed E-state index contributed by atoms with van der Waals surface area (Å²) in [6.07, 6.45) is 0. The fourth-order valence-corrected chi connectivity index (χ4v) is 3.89. The first-order chi connectivity index (χ1) is 15.1. The van der Waals surface area contributed by atoms with Crippen molar-refractivity contribution in [2.75, 3.05) is 76.5 Å². The quantitative estimate of drug-likeness (QED) is 0.712. The van der Waals surface area contributed by atoms with E-state index in [1.807, 2.05) is 17.9 Å². The number of piperazine rings is 1. The maximum Gasteiger partial charge on any atom is 0.254 e. The lowest BCUT2D eigenvalue weighted by Gasteiger charge is -2.36. The molecule has 2 aliphatic rings. The van der Waals surface area contributed by atoms with Gasteiger partial charge in [0.1, 0.15) is 5.82 Å². The number of amides is 1. The van der Waals surface area contributed by atoms with E-state index in [1.54, 1.807) is 32.4 Å². The van der Waals surface area contributed by atoms with Gasteiger partial charge in [-0.2, -0.15) is 4.98 Å². The summed E-state index contributed by atoms with van der Waals surface area (Å²) in [5, 5.41) is 0. The normalized spacial score (nSPS) is 16.9. The number of carbonyl (C=O) groups is 1. The summed E-state index contributed by atoms with van der Waals surface area (Å²) in [7, 11) is 3.15. The number of nitrogens with zero attached hydrogens (tertiary/aromatic N) is 5. The van der Waals surface area contributed by atoms with Crippen molar-refractivity contribution < 1.29 is 19.0 Å². The molecule has 0 saturated carbocycles. The van der Waals surface area contributed by atoms with E-state index in [4.69, 9.17) is 19.2 Å². The monoisotopic (exact) mass is 427 g/mol. The number of aromatic nitrogens is 2. The molecule has 2 aliphatic heterocycles. The largest absolute Gasteiger partial charge is 0.493 e. The van der Waals surface area contributed by atoms with Gasteiger partial charge in [-0.1, -0.05) is 0 Å². The van der Waals surface area contributed by atoms with Gasteiger partial charge in [0.15, 0.2) is 11.5 Å². The fraction of sp³-hybridized carbons (Fsp3) is 0.500. The molecule has 9 nitrogen and oxygen atoms in total. The van der Waals surface area contributed by atoms with E-state index in [0.717, 1.165) is 43.6 Å². The molecule has 4 rings (SSSR count). The smallest absolute Gasteiger partial charge is 0.254 e. The molecule has 2 aromatic rings. The molecule has 0 N–H and O–H groups in total. The number of benzene rings is 1. The molecule has 9 heteroatoms. The van der Waals surface area contributed by atoms with Gasteiger partial charge in [0, 0.05) is 56.6 Å². The lowest BCUT2D eigenvalue weighted by molar-refractivity contribution is 0.0746. The first kappa shape index (κ1) is 21.2. The van der Waals surface area contributed by atoms with E-state index in [2.05, 4.69) is 14.8 Å². The van der Waals surface area contributed by atoms with Crippen molar-refractivity contribution in [2.24, 2.45) is 0 Å². The van der Waals surface area contributed by atoms with Gasteiger partial charge in [0.2, 0.25) is 5.95 Å². The SMILES string of the molecule is COc1ccc(C(=O)N2CCN(c3cc(C)nc(N4CCOCC4)n3)CC2)cc1OC. The second-order valence-corrected chi connectivity index (χ2v) is 7.62. The summed E-state index contributed by atoms with van der Waals surface area (Å²) in [4.78, 5) is 28.7. The van der Waals surface area contributed by atoms with Crippen molar-refractivity contribution in [3.05, 3.63) is 35.5 Å². The van der Waals surface area contributed by atoms with E-state index < -0.39 is 0 Å². The molecule has 0 aliphatic carbocycles. The highest BCUT2D eigenvalue weighted by molar-refractivity contribution is 5.95. The first-order valence-electron chi connectivity index (χ1n) is 10.5. The standard InChI is InChI=1S/C22H29N5O4/c1-16-14-20(24-22(23-16)27-10-12-31-13-11-27)25-6-8-26(9-7-25)21(28)17-4-5-18(29-2)19(15-17)30-3/h4-5,14-15H,6-13H2,1-3H3. The molecule has 0 spiro atoms. The van der Waals surface area contributed by atoms with E-state index >= 15 is 0 Å². The number of methoxy groups -OCH3 is 2. The number of hydrogen-bond acceptors (Lipinski definition) is 8. The van der Waals surface area contributed by atoms with Crippen LogP contribution in [0.4, 0.5) is 11.8 Å². The lowest BCUT2D eigenvalue weighted by atomic mass is 10.1. The molecule has 1 aromatic carbocycles. The third-order valence-corrected chi connectivity index (χ3v) is 5.64. The highest BCUT2D eigenvalue weighted by atomic mass is 16.5. The average Bonchev–Trinajstić information content (AvgIpc) is 2.83. The number of anilines is 2. The van der Waals surface area contributed by atoms with Crippen LogP contribution in [0.2, 0.25) is 0 Å². The summed E-state index contributed by atoms with van der Waals surface area (Å²) >= 11 is 0. The van der Waals surface area contributed by atoms with Crippen LogP contribution < -0.4 is 19.3 Å². The molecule has 1 amide bonds. The van der Waals surface area contributed by atoms with Crippen LogP contribution in [0, 0.1) is 6.92 Å². The van der Waals surface area contributed by atoms with Crippen molar-refractivity contribution >= 4 is 17.7 Å². The number of hydrogen-bond donors (Lipinski definition) is 0. The fourth-order valence-electron chi connectivity index (χ4n) is 3.89. The van der Waals surface area contributed by atoms with Crippen LogP contribution in [-0.2, 0) is 4.74 Å². The van der Waals surface area contributed by atoms with Crippen LogP contribution in [0.25, 0.3) is 0 Å². The Morgan fingerprint density at radius 1 is 0.903 bits per heavy atom. The molecule has 0 atom stereocenters. The Morgan fingerprint density at radius 3 is 2.29 bits per heavy atom. The van der Waals surface area contributed by atoms with E-state index in [0.29, 0.717) is 43.4 Å². The molecule has 2 saturated heterocycles. The highest BCUT2D eigenvalue weighted by Crippen LogP contribution is 2.28. The maximum absolute atomic E-state index is 13.0. The van der Waals surface area contributed by atoms with Crippen molar-refractivity contribution in [1.29, 1.82) is 0 Å². The number of rotatable bonds is 5. The molecule has 0 unspecified atom stereocenters. The predicted molar refractivity (Wildman–Crippen MR) is 117 cm³/mol. The maximum atomic E-state index is 13.0. The Kier molecular flexibility index (Phi) is 6.41. The Bertz CT molecular complexity index is 924. The van der Waals surface area contributed by atoms with E-state index in [1.165, 1.54) is 0 Å². The molecule has 2 fully saturated rings. The third kappa shape index (κ3) is 4.66. The summed E-state index contributed by atoms with van der Waals surface area (Å²) < 4.78 is 16.0. The van der Waals surface area contributed by atoms with Crippen LogP contribution in [0.15, 0.2) is 24.3 Å². The summed E-state index contributed by atoms with van der Waals surface area (Å²) in [5.74, 6) is 2.82. The number of aryl methyl sites for hydroxylation is 1. The van der Waals surface area contributed by atoms with Gasteiger partial charge in [-0.15, -0.1) is 0 Å². The van der Waals surface area contributed by atoms with Gasteiger partial charge in [0.25, 0.3) is 5.91 Å². The zero-order valence-electron chi connectivity index (χ0n) is 18.3. The average molecular weight is 428 g/mol. The van der Waals surface area contributed by atoms with Crippen molar-refractivity contribution in [2.45, 2.75) is 6.92 Å². The Balaban J connectivity index is 1.43. The zero-order valence-corrected chi connectivity index (χ0v) is 18.3. The summed E-state index contributed by atoms with van der Waals surface area (Å²) in [6, 6.07) is 7.28. The van der Waals surface area contributed by atoms with Gasteiger partial charge in [0.05, 0.1) is 27.4 Å². The molecule has 0 radical (unpaired) electrons. The lowest BCUT2D eigenvalue weighted by Crippen LogP contribution is -2.49. The second kappa shape index (κ2) is 9.38. The summed E-state index contributed by atoms with van der Waals surface area (Å²) in [6.45, 7) is 7.69. The Labute approximate surface area is 182 Å². The molecule has 166 valence electrons. The van der Waals surface area contributed by atoms with Gasteiger partial charge >= 0.3 is 0 Å². The minimum absolute atomic E-state index is 0.00604. The number of morpholine rings is 1. The van der Waals surface area contributed by atoms with Gasteiger partial charge in [-0.05, 0) is 25.1 Å². The predicted octanol–water partition coefficient (Wildman–Crippen LogP) is 1.60. The Morgan fingerprint density at radius 2 is 1.61 bits per heavy atom. The van der Waals surface area contributed by atoms with Crippen LogP contribution in [0.5, 0.6) is 11.5 Å². The highest BCUT2D eigenvalue weighted by Gasteiger charge is 2.25. The van der Waals surface area contributed by atoms with Crippen LogP contribution in [0.3, 0.4) is 0 Å². The molecule has 3 heterocycles. The minimum atomic E-state index is -0.00604. The van der Waals surface area contributed by atoms with E-state index in [-0.39, 0.29) is 5.91 Å². The molecule has 0 bridgehead atoms. The van der Waals surface area contributed by atoms with Crippen molar-refractivity contribution in [3.63, 3.8) is 0 Å². The van der Waals surface area contributed by atoms with Crippen molar-refractivity contribution in [3.8, 4) is 11.5 Å². The minimum Gasteiger partial charge on any atom is -0.493 e. The van der Waals surface area contributed by atoms with E-state index in [9.17, 15) is 4.79 Å². The van der Waals surface area contributed by atoms with Crippen LogP contribution in [-0.4, -0.2) is 87.5 Å².